The van der Waals surface area contributed by atoms with Crippen LogP contribution in [0.3, 0.4) is 0 Å². The van der Waals surface area contributed by atoms with Crippen LogP contribution in [0.25, 0.3) is 0 Å². The number of hydrogen-bond acceptors (Lipinski definition) is 6. The van der Waals surface area contributed by atoms with Gasteiger partial charge in [0.1, 0.15) is 0 Å². The van der Waals surface area contributed by atoms with Gasteiger partial charge in [0.05, 0.1) is 4.92 Å². The molecule has 3 N–H and O–H groups in total. The number of carboxylic acids is 1. The van der Waals surface area contributed by atoms with E-state index in [9.17, 15) is 14.9 Å². The summed E-state index contributed by atoms with van der Waals surface area (Å²) in [4.78, 5) is 24.6. The number of rotatable bonds is 8. The number of nitro groups is 1. The molecule has 8 nitrogen and oxygen atoms in total. The van der Waals surface area contributed by atoms with Gasteiger partial charge in [-0.1, -0.05) is 0 Å². The molecule has 0 atom stereocenters. The van der Waals surface area contributed by atoms with E-state index in [1.54, 1.807) is 0 Å². The number of nitrogens with zero attached hydrogens (tertiary/aromatic N) is 2. The van der Waals surface area contributed by atoms with Crippen molar-refractivity contribution in [2.75, 3.05) is 18.5 Å². The zero-order valence-corrected chi connectivity index (χ0v) is 10.2. The van der Waals surface area contributed by atoms with Crippen LogP contribution in [0, 0.1) is 10.1 Å². The predicted molar refractivity (Wildman–Crippen MR) is 67.3 cm³/mol. The number of unbranched alkanes of at least 4 members (excludes halogenated alkanes) is 2. The lowest BCUT2D eigenvalue weighted by Crippen LogP contribution is -2.09. The van der Waals surface area contributed by atoms with Crippen LogP contribution in [-0.2, 0) is 0 Å². The van der Waals surface area contributed by atoms with Crippen molar-refractivity contribution in [1.29, 1.82) is 0 Å². The van der Waals surface area contributed by atoms with E-state index in [1.165, 1.54) is 0 Å². The highest BCUT2D eigenvalue weighted by Crippen LogP contribution is 2.22. The molecule has 0 aromatic carbocycles. The number of nitrogens with one attached hydrogen (secondary N) is 1. The number of carbonyl (C=O) groups is 1. The molecule has 0 spiro atoms. The summed E-state index contributed by atoms with van der Waals surface area (Å²) in [6.07, 6.45) is 2.14. The molecule has 1 aromatic heterocycles. The molecule has 1 rings (SSSR count). The van der Waals surface area contributed by atoms with Crippen LogP contribution < -0.4 is 5.32 Å². The minimum atomic E-state index is -1.24. The van der Waals surface area contributed by atoms with Crippen LogP contribution in [0.2, 0.25) is 0 Å². The number of aliphatic hydroxyl groups is 1. The van der Waals surface area contributed by atoms with Crippen molar-refractivity contribution in [3.63, 3.8) is 0 Å². The SMILES string of the molecule is O=C(O)c1ccc([N+](=O)[O-])c(NCCCCCO)n1. The van der Waals surface area contributed by atoms with E-state index in [-0.39, 0.29) is 23.8 Å². The van der Waals surface area contributed by atoms with Crippen LogP contribution >= 0.6 is 0 Å². The molecule has 0 amide bonds. The highest BCUT2D eigenvalue weighted by Gasteiger charge is 2.17. The Morgan fingerprint density at radius 1 is 1.37 bits per heavy atom. The summed E-state index contributed by atoms with van der Waals surface area (Å²) >= 11 is 0. The average molecular weight is 269 g/mol. The first-order valence-electron chi connectivity index (χ1n) is 5.79. The molecule has 0 radical (unpaired) electrons. The lowest BCUT2D eigenvalue weighted by Gasteiger charge is -2.06. The summed E-state index contributed by atoms with van der Waals surface area (Å²) in [5.41, 5.74) is -0.504. The number of pyridine rings is 1. The first kappa shape index (κ1) is 14.8. The van der Waals surface area contributed by atoms with Crippen LogP contribution in [0.15, 0.2) is 12.1 Å². The molecule has 104 valence electrons. The van der Waals surface area contributed by atoms with E-state index >= 15 is 0 Å². The zero-order valence-electron chi connectivity index (χ0n) is 10.2. The van der Waals surface area contributed by atoms with Gasteiger partial charge in [-0.3, -0.25) is 10.1 Å². The number of aliphatic hydroxyl groups excluding tert-OH is 1. The molecule has 0 bridgehead atoms. The van der Waals surface area contributed by atoms with Crippen LogP contribution in [0.1, 0.15) is 29.8 Å². The number of aromatic nitrogens is 1. The van der Waals surface area contributed by atoms with Crippen molar-refractivity contribution >= 4 is 17.5 Å². The van der Waals surface area contributed by atoms with Crippen molar-refractivity contribution in [2.45, 2.75) is 19.3 Å². The van der Waals surface area contributed by atoms with Crippen LogP contribution in [-0.4, -0.2) is 39.2 Å². The van der Waals surface area contributed by atoms with Crippen molar-refractivity contribution in [1.82, 2.24) is 4.98 Å². The maximum atomic E-state index is 10.8. The number of anilines is 1. The molecule has 0 aliphatic heterocycles. The van der Waals surface area contributed by atoms with Crippen LogP contribution in [0.4, 0.5) is 11.5 Å². The topological polar surface area (TPSA) is 126 Å². The Kier molecular flexibility index (Phi) is 5.68. The zero-order chi connectivity index (χ0) is 14.3. The minimum absolute atomic E-state index is 0.0473. The fourth-order valence-electron chi connectivity index (χ4n) is 1.47. The Bertz CT molecular complexity index is 464. The molecule has 1 heterocycles. The molecule has 0 fully saturated rings. The smallest absolute Gasteiger partial charge is 0.354 e. The molecular formula is C11H15N3O5. The summed E-state index contributed by atoms with van der Waals surface area (Å²) in [5.74, 6) is -1.29. The molecule has 1 aromatic rings. The Balaban J connectivity index is 2.74. The lowest BCUT2D eigenvalue weighted by molar-refractivity contribution is -0.384. The van der Waals surface area contributed by atoms with E-state index in [0.717, 1.165) is 18.6 Å². The Labute approximate surface area is 109 Å². The molecule has 0 saturated heterocycles. The predicted octanol–water partition coefficient (Wildman–Crippen LogP) is 1.26. The Hall–Kier alpha value is -2.22. The Morgan fingerprint density at radius 2 is 2.11 bits per heavy atom. The van der Waals surface area contributed by atoms with Gasteiger partial charge in [-0.15, -0.1) is 0 Å². The molecule has 0 aliphatic rings. The molecule has 0 saturated carbocycles. The summed E-state index contributed by atoms with van der Waals surface area (Å²) in [6, 6.07) is 2.21. The largest absolute Gasteiger partial charge is 0.477 e. The third-order valence-electron chi connectivity index (χ3n) is 2.42. The van der Waals surface area contributed by atoms with E-state index in [2.05, 4.69) is 10.3 Å². The van der Waals surface area contributed by atoms with Crippen LogP contribution in [0.5, 0.6) is 0 Å². The maximum absolute atomic E-state index is 10.8. The van der Waals surface area contributed by atoms with Crippen molar-refractivity contribution < 1.29 is 19.9 Å². The van der Waals surface area contributed by atoms with Gasteiger partial charge < -0.3 is 15.5 Å². The minimum Gasteiger partial charge on any atom is -0.477 e. The molecule has 0 unspecified atom stereocenters. The van der Waals surface area contributed by atoms with Crippen molar-refractivity contribution in [2.24, 2.45) is 0 Å². The standard InChI is InChI=1S/C11H15N3O5/c15-7-3-1-2-6-12-10-9(14(18)19)5-4-8(13-10)11(16)17/h4-5,15H,1-3,6-7H2,(H,12,13)(H,16,17). The van der Waals surface area contributed by atoms with Gasteiger partial charge >= 0.3 is 11.7 Å². The summed E-state index contributed by atoms with van der Waals surface area (Å²) in [7, 11) is 0. The van der Waals surface area contributed by atoms with E-state index in [1.807, 2.05) is 0 Å². The van der Waals surface area contributed by atoms with Crippen molar-refractivity contribution in [3.05, 3.63) is 27.9 Å². The van der Waals surface area contributed by atoms with Gasteiger partial charge in [-0.25, -0.2) is 9.78 Å². The second-order valence-corrected chi connectivity index (χ2v) is 3.84. The fraction of sp³-hybridized carbons (Fsp3) is 0.455. The average Bonchev–Trinajstić information content (AvgIpc) is 2.38. The summed E-state index contributed by atoms with van der Waals surface area (Å²) in [6.45, 7) is 0.532. The van der Waals surface area contributed by atoms with Gasteiger partial charge in [0.2, 0.25) is 5.82 Å². The number of hydrogen-bond donors (Lipinski definition) is 3. The van der Waals surface area contributed by atoms with Gasteiger partial charge in [0.25, 0.3) is 0 Å². The quantitative estimate of drug-likeness (QED) is 0.368. The number of carboxylic acid groups (broad SMARTS) is 1. The normalized spacial score (nSPS) is 10.2. The van der Waals surface area contributed by atoms with Gasteiger partial charge in [-0.2, -0.15) is 0 Å². The second-order valence-electron chi connectivity index (χ2n) is 3.84. The fourth-order valence-corrected chi connectivity index (χ4v) is 1.47. The highest BCUT2D eigenvalue weighted by molar-refractivity contribution is 5.86. The first-order chi connectivity index (χ1) is 9.06. The second kappa shape index (κ2) is 7.27. The summed E-state index contributed by atoms with van der Waals surface area (Å²) in [5, 5.41) is 30.9. The number of aromatic carboxylic acids is 1. The first-order valence-corrected chi connectivity index (χ1v) is 5.79. The third kappa shape index (κ3) is 4.51. The van der Waals surface area contributed by atoms with E-state index < -0.39 is 10.9 Å². The van der Waals surface area contributed by atoms with E-state index in [0.29, 0.717) is 19.4 Å². The van der Waals surface area contributed by atoms with Gasteiger partial charge in [0.15, 0.2) is 5.69 Å². The maximum Gasteiger partial charge on any atom is 0.354 e. The van der Waals surface area contributed by atoms with E-state index in [4.69, 9.17) is 10.2 Å². The molecular weight excluding hydrogens is 254 g/mol. The highest BCUT2D eigenvalue weighted by atomic mass is 16.6. The molecule has 0 aliphatic carbocycles. The van der Waals surface area contributed by atoms with Crippen molar-refractivity contribution in [3.8, 4) is 0 Å². The van der Waals surface area contributed by atoms with Gasteiger partial charge in [-0.05, 0) is 25.3 Å². The Morgan fingerprint density at radius 3 is 2.68 bits per heavy atom. The molecule has 8 heteroatoms. The third-order valence-corrected chi connectivity index (χ3v) is 2.42. The van der Waals surface area contributed by atoms with Gasteiger partial charge in [0, 0.05) is 19.2 Å². The lowest BCUT2D eigenvalue weighted by atomic mass is 10.2. The summed E-state index contributed by atoms with van der Waals surface area (Å²) < 4.78 is 0. The monoisotopic (exact) mass is 269 g/mol. The molecule has 19 heavy (non-hydrogen) atoms.